The number of hydrogen-bond acceptors (Lipinski definition) is 5. The topological polar surface area (TPSA) is 88.2 Å². The number of sulfonamides is 1. The number of carbonyl (C=O) groups is 1. The minimum Gasteiger partial charge on any atom is -0.323 e. The van der Waals surface area contributed by atoms with Gasteiger partial charge in [0.25, 0.3) is 0 Å². The lowest BCUT2D eigenvalue weighted by molar-refractivity contribution is -0.111. The number of benzene rings is 2. The molecule has 1 aromatic heterocycles. The normalized spacial score (nSPS) is 11.4. The first kappa shape index (κ1) is 21.6. The Morgan fingerprint density at radius 2 is 1.73 bits per heavy atom. The zero-order chi connectivity index (χ0) is 21.4. The molecule has 0 saturated heterocycles. The van der Waals surface area contributed by atoms with Gasteiger partial charge in [0.05, 0.1) is 6.26 Å². The number of pyridine rings is 1. The molecule has 154 valence electrons. The highest BCUT2D eigenvalue weighted by Crippen LogP contribution is 2.24. The Balaban J connectivity index is 1.50. The largest absolute Gasteiger partial charge is 0.323 e. The number of anilines is 2. The SMILES string of the molecule is CS(=O)(=O)Nc1ccc(/C=C/C(=O)Nc2ccc(SCc3cccnc3)cc2)cc1. The van der Waals surface area contributed by atoms with Gasteiger partial charge < -0.3 is 5.32 Å². The molecule has 1 amide bonds. The molecule has 2 aromatic carbocycles. The minimum absolute atomic E-state index is 0.246. The third kappa shape index (κ3) is 7.38. The summed E-state index contributed by atoms with van der Waals surface area (Å²) in [6, 6.07) is 18.4. The van der Waals surface area contributed by atoms with Crippen molar-refractivity contribution in [3.63, 3.8) is 0 Å². The van der Waals surface area contributed by atoms with E-state index in [9.17, 15) is 13.2 Å². The third-order valence-corrected chi connectivity index (χ3v) is 5.58. The van der Waals surface area contributed by atoms with Crippen LogP contribution in [-0.4, -0.2) is 25.6 Å². The Labute approximate surface area is 180 Å². The molecule has 8 heteroatoms. The van der Waals surface area contributed by atoms with Crippen molar-refractivity contribution in [2.45, 2.75) is 10.6 Å². The number of carbonyl (C=O) groups excluding carboxylic acids is 1. The van der Waals surface area contributed by atoms with Gasteiger partial charge in [0.15, 0.2) is 0 Å². The number of nitrogens with zero attached hydrogens (tertiary/aromatic N) is 1. The van der Waals surface area contributed by atoms with Crippen LogP contribution in [0.3, 0.4) is 0 Å². The van der Waals surface area contributed by atoms with Crippen molar-refractivity contribution in [2.75, 3.05) is 16.3 Å². The second-order valence-electron chi connectivity index (χ2n) is 6.49. The maximum absolute atomic E-state index is 12.1. The van der Waals surface area contributed by atoms with Crippen molar-refractivity contribution < 1.29 is 13.2 Å². The summed E-state index contributed by atoms with van der Waals surface area (Å²) in [7, 11) is -3.31. The zero-order valence-electron chi connectivity index (χ0n) is 16.3. The second kappa shape index (κ2) is 10.1. The lowest BCUT2D eigenvalue weighted by Crippen LogP contribution is -2.09. The fourth-order valence-electron chi connectivity index (χ4n) is 2.52. The summed E-state index contributed by atoms with van der Waals surface area (Å²) in [6.07, 6.45) is 7.80. The summed E-state index contributed by atoms with van der Waals surface area (Å²) in [6.45, 7) is 0. The van der Waals surface area contributed by atoms with Gasteiger partial charge in [-0.2, -0.15) is 0 Å². The molecule has 1 heterocycles. The quantitative estimate of drug-likeness (QED) is 0.401. The molecule has 0 aliphatic carbocycles. The highest BCUT2D eigenvalue weighted by molar-refractivity contribution is 7.98. The molecular weight excluding hydrogens is 418 g/mol. The molecule has 30 heavy (non-hydrogen) atoms. The van der Waals surface area contributed by atoms with Crippen LogP contribution in [-0.2, 0) is 20.6 Å². The van der Waals surface area contributed by atoms with Gasteiger partial charge in [-0.05, 0) is 59.7 Å². The van der Waals surface area contributed by atoms with E-state index in [4.69, 9.17) is 0 Å². The van der Waals surface area contributed by atoms with E-state index >= 15 is 0 Å². The number of aromatic nitrogens is 1. The Hall–Kier alpha value is -3.10. The molecule has 0 atom stereocenters. The molecule has 0 aliphatic heterocycles. The highest BCUT2D eigenvalue weighted by atomic mass is 32.2. The van der Waals surface area contributed by atoms with E-state index in [0.29, 0.717) is 11.4 Å². The molecule has 0 radical (unpaired) electrons. The molecule has 0 spiro atoms. The lowest BCUT2D eigenvalue weighted by atomic mass is 10.2. The van der Waals surface area contributed by atoms with Gasteiger partial charge in [0.1, 0.15) is 0 Å². The summed E-state index contributed by atoms with van der Waals surface area (Å²) < 4.78 is 24.8. The van der Waals surface area contributed by atoms with E-state index in [1.54, 1.807) is 48.3 Å². The van der Waals surface area contributed by atoms with Crippen LogP contribution in [0, 0.1) is 0 Å². The summed E-state index contributed by atoms with van der Waals surface area (Å²) in [5, 5.41) is 2.82. The summed E-state index contributed by atoms with van der Waals surface area (Å²) in [4.78, 5) is 17.3. The second-order valence-corrected chi connectivity index (χ2v) is 9.29. The number of thioether (sulfide) groups is 1. The molecule has 6 nitrogen and oxygen atoms in total. The fourth-order valence-corrected chi connectivity index (χ4v) is 3.91. The molecule has 3 aromatic rings. The van der Waals surface area contributed by atoms with Gasteiger partial charge in [-0.15, -0.1) is 11.8 Å². The van der Waals surface area contributed by atoms with Crippen LogP contribution in [0.1, 0.15) is 11.1 Å². The smallest absolute Gasteiger partial charge is 0.248 e. The average Bonchev–Trinajstić information content (AvgIpc) is 2.72. The van der Waals surface area contributed by atoms with Crippen LogP contribution >= 0.6 is 11.8 Å². The maximum Gasteiger partial charge on any atom is 0.248 e. The van der Waals surface area contributed by atoms with Crippen LogP contribution < -0.4 is 10.0 Å². The first-order valence-corrected chi connectivity index (χ1v) is 11.9. The van der Waals surface area contributed by atoms with Crippen molar-refractivity contribution in [3.05, 3.63) is 90.3 Å². The Morgan fingerprint density at radius 3 is 2.37 bits per heavy atom. The van der Waals surface area contributed by atoms with Crippen LogP contribution in [0.25, 0.3) is 6.08 Å². The summed E-state index contributed by atoms with van der Waals surface area (Å²) in [5.74, 6) is 0.588. The Bertz CT molecular complexity index is 1110. The number of hydrogen-bond donors (Lipinski definition) is 2. The van der Waals surface area contributed by atoms with Gasteiger partial charge in [-0.25, -0.2) is 8.42 Å². The first-order chi connectivity index (χ1) is 14.4. The monoisotopic (exact) mass is 439 g/mol. The molecular formula is C22H21N3O3S2. The standard InChI is InChI=1S/C22H21N3O3S2/c1-30(27,28)25-20-7-4-17(5-8-20)6-13-22(26)24-19-9-11-21(12-10-19)29-16-18-3-2-14-23-15-18/h2-15,25H,16H2,1H3,(H,24,26)/b13-6+. The number of rotatable bonds is 8. The van der Waals surface area contributed by atoms with E-state index in [1.165, 1.54) is 6.08 Å². The molecule has 0 unspecified atom stereocenters. The van der Waals surface area contributed by atoms with E-state index in [-0.39, 0.29) is 5.91 Å². The zero-order valence-corrected chi connectivity index (χ0v) is 17.9. The average molecular weight is 440 g/mol. The Morgan fingerprint density at radius 1 is 1.03 bits per heavy atom. The van der Waals surface area contributed by atoms with E-state index in [1.807, 2.05) is 42.6 Å². The Kier molecular flexibility index (Phi) is 7.26. The molecule has 3 rings (SSSR count). The first-order valence-electron chi connectivity index (χ1n) is 9.06. The number of nitrogens with one attached hydrogen (secondary N) is 2. The predicted octanol–water partition coefficient (Wildman–Crippen LogP) is 4.40. The predicted molar refractivity (Wildman–Crippen MR) is 123 cm³/mol. The van der Waals surface area contributed by atoms with Crippen LogP contribution in [0.15, 0.2) is 84.0 Å². The van der Waals surface area contributed by atoms with E-state index in [2.05, 4.69) is 15.0 Å². The summed E-state index contributed by atoms with van der Waals surface area (Å²) >= 11 is 1.70. The van der Waals surface area contributed by atoms with Crippen molar-refractivity contribution in [1.29, 1.82) is 0 Å². The van der Waals surface area contributed by atoms with E-state index < -0.39 is 10.0 Å². The van der Waals surface area contributed by atoms with E-state index in [0.717, 1.165) is 28.0 Å². The van der Waals surface area contributed by atoms with Gasteiger partial charge >= 0.3 is 0 Å². The van der Waals surface area contributed by atoms with Crippen molar-refractivity contribution in [1.82, 2.24) is 4.98 Å². The molecule has 2 N–H and O–H groups in total. The molecule has 0 aliphatic rings. The minimum atomic E-state index is -3.31. The molecule has 0 saturated carbocycles. The molecule has 0 fully saturated rings. The summed E-state index contributed by atoms with van der Waals surface area (Å²) in [5.41, 5.74) is 3.13. The van der Waals surface area contributed by atoms with Crippen molar-refractivity contribution in [3.8, 4) is 0 Å². The van der Waals surface area contributed by atoms with Gasteiger partial charge in [0, 0.05) is 40.5 Å². The lowest BCUT2D eigenvalue weighted by Gasteiger charge is -2.05. The maximum atomic E-state index is 12.1. The van der Waals surface area contributed by atoms with Crippen molar-refractivity contribution >= 4 is 45.1 Å². The van der Waals surface area contributed by atoms with Gasteiger partial charge in [-0.3, -0.25) is 14.5 Å². The third-order valence-electron chi connectivity index (χ3n) is 3.89. The molecule has 0 bridgehead atoms. The highest BCUT2D eigenvalue weighted by Gasteiger charge is 2.02. The van der Waals surface area contributed by atoms with Crippen LogP contribution in [0.5, 0.6) is 0 Å². The number of amides is 1. The van der Waals surface area contributed by atoms with Gasteiger partial charge in [0.2, 0.25) is 15.9 Å². The van der Waals surface area contributed by atoms with Crippen LogP contribution in [0.4, 0.5) is 11.4 Å². The van der Waals surface area contributed by atoms with Crippen LogP contribution in [0.2, 0.25) is 0 Å². The fraction of sp³-hybridized carbons (Fsp3) is 0.0909. The van der Waals surface area contributed by atoms with Crippen molar-refractivity contribution in [2.24, 2.45) is 0 Å². The van der Waals surface area contributed by atoms with Gasteiger partial charge in [-0.1, -0.05) is 18.2 Å².